The summed E-state index contributed by atoms with van der Waals surface area (Å²) in [4.78, 5) is 0. The summed E-state index contributed by atoms with van der Waals surface area (Å²) in [6.45, 7) is 9.55. The third-order valence-corrected chi connectivity index (χ3v) is 4.02. The number of hydrogen-bond acceptors (Lipinski definition) is 2. The van der Waals surface area contributed by atoms with Crippen molar-refractivity contribution < 1.29 is 4.74 Å². The minimum Gasteiger partial charge on any atom is -0.376 e. The second-order valence-electron chi connectivity index (χ2n) is 5.97. The molecular formula is C16H26INO. The molecule has 2 atom stereocenters. The molecule has 0 bridgehead atoms. The molecule has 3 heteroatoms. The van der Waals surface area contributed by atoms with Crippen LogP contribution in [-0.4, -0.2) is 25.8 Å². The summed E-state index contributed by atoms with van der Waals surface area (Å²) < 4.78 is 7.27. The Morgan fingerprint density at radius 2 is 1.79 bits per heavy atom. The van der Waals surface area contributed by atoms with Gasteiger partial charge in [0.05, 0.1) is 6.10 Å². The van der Waals surface area contributed by atoms with Gasteiger partial charge in [0.25, 0.3) is 0 Å². The van der Waals surface area contributed by atoms with Crippen LogP contribution in [0.1, 0.15) is 33.3 Å². The fourth-order valence-electron chi connectivity index (χ4n) is 2.38. The summed E-state index contributed by atoms with van der Waals surface area (Å²) in [6.07, 6.45) is 1.21. The fourth-order valence-corrected chi connectivity index (χ4v) is 2.74. The highest BCUT2D eigenvalue weighted by atomic mass is 127. The Morgan fingerprint density at radius 1 is 1.21 bits per heavy atom. The predicted molar refractivity (Wildman–Crippen MR) is 90.6 cm³/mol. The van der Waals surface area contributed by atoms with Gasteiger partial charge < -0.3 is 10.1 Å². The molecule has 0 aliphatic heterocycles. The van der Waals surface area contributed by atoms with Gasteiger partial charge >= 0.3 is 0 Å². The Bertz CT molecular complexity index is 369. The molecule has 108 valence electrons. The summed E-state index contributed by atoms with van der Waals surface area (Å²) in [7, 11) is 2.02. The smallest absolute Gasteiger partial charge is 0.0779 e. The maximum Gasteiger partial charge on any atom is 0.0779 e. The van der Waals surface area contributed by atoms with Crippen molar-refractivity contribution in [3.05, 3.63) is 33.4 Å². The van der Waals surface area contributed by atoms with Crippen molar-refractivity contribution in [3.8, 4) is 0 Å². The van der Waals surface area contributed by atoms with Crippen molar-refractivity contribution in [2.75, 3.05) is 13.7 Å². The quantitative estimate of drug-likeness (QED) is 0.763. The molecule has 2 nitrogen and oxygen atoms in total. The SMILES string of the molecule is CCOC(C(Cc1ccc(I)cc1)NC)C(C)(C)C. The number of ether oxygens (including phenoxy) is 1. The molecule has 0 amide bonds. The predicted octanol–water partition coefficient (Wildman–Crippen LogP) is 3.87. The normalized spacial score (nSPS) is 15.3. The van der Waals surface area contributed by atoms with E-state index in [2.05, 4.69) is 79.9 Å². The van der Waals surface area contributed by atoms with Crippen LogP contribution in [0.25, 0.3) is 0 Å². The Balaban J connectivity index is 2.82. The molecule has 0 radical (unpaired) electrons. The average molecular weight is 375 g/mol. The van der Waals surface area contributed by atoms with Crippen molar-refractivity contribution in [1.82, 2.24) is 5.32 Å². The van der Waals surface area contributed by atoms with Crippen LogP contribution in [-0.2, 0) is 11.2 Å². The number of benzene rings is 1. The zero-order valence-electron chi connectivity index (χ0n) is 12.7. The molecule has 0 aliphatic rings. The van der Waals surface area contributed by atoms with Crippen LogP contribution in [0, 0.1) is 8.99 Å². The van der Waals surface area contributed by atoms with Crippen LogP contribution in [0.2, 0.25) is 0 Å². The van der Waals surface area contributed by atoms with Crippen molar-refractivity contribution in [1.29, 1.82) is 0 Å². The highest BCUT2D eigenvalue weighted by Crippen LogP contribution is 2.26. The maximum absolute atomic E-state index is 5.99. The first-order valence-corrected chi connectivity index (χ1v) is 7.99. The van der Waals surface area contributed by atoms with Gasteiger partial charge in [0, 0.05) is 16.2 Å². The van der Waals surface area contributed by atoms with Gasteiger partial charge in [0.1, 0.15) is 0 Å². The standard InChI is InChI=1S/C16H26INO/c1-6-19-15(16(2,3)4)14(18-5)11-12-7-9-13(17)10-8-12/h7-10,14-15,18H,6,11H2,1-5H3. The van der Waals surface area contributed by atoms with Crippen molar-refractivity contribution in [2.45, 2.75) is 46.3 Å². The van der Waals surface area contributed by atoms with Gasteiger partial charge in [-0.25, -0.2) is 0 Å². The van der Waals surface area contributed by atoms with E-state index in [-0.39, 0.29) is 11.5 Å². The van der Waals surface area contributed by atoms with Gasteiger partial charge in [-0.05, 0) is 66.1 Å². The van der Waals surface area contributed by atoms with Crippen LogP contribution >= 0.6 is 22.6 Å². The molecule has 19 heavy (non-hydrogen) atoms. The van der Waals surface area contributed by atoms with E-state index in [4.69, 9.17) is 4.74 Å². The molecule has 0 saturated heterocycles. The molecular weight excluding hydrogens is 349 g/mol. The van der Waals surface area contributed by atoms with E-state index in [9.17, 15) is 0 Å². The van der Waals surface area contributed by atoms with Gasteiger partial charge in [-0.1, -0.05) is 32.9 Å². The first-order valence-electron chi connectivity index (χ1n) is 6.91. The summed E-state index contributed by atoms with van der Waals surface area (Å²) in [5, 5.41) is 3.43. The van der Waals surface area contributed by atoms with E-state index in [0.717, 1.165) is 13.0 Å². The Hall–Kier alpha value is -0.130. The number of nitrogens with one attached hydrogen (secondary N) is 1. The second kappa shape index (κ2) is 7.60. The third-order valence-electron chi connectivity index (χ3n) is 3.30. The molecule has 2 unspecified atom stereocenters. The van der Waals surface area contributed by atoms with Crippen LogP contribution in [0.4, 0.5) is 0 Å². The lowest BCUT2D eigenvalue weighted by molar-refractivity contribution is -0.0340. The molecule has 1 rings (SSSR count). The maximum atomic E-state index is 5.99. The summed E-state index contributed by atoms with van der Waals surface area (Å²) >= 11 is 2.34. The molecule has 1 N–H and O–H groups in total. The van der Waals surface area contributed by atoms with Crippen molar-refractivity contribution in [2.24, 2.45) is 5.41 Å². The molecule has 0 aliphatic carbocycles. The lowest BCUT2D eigenvalue weighted by atomic mass is 9.82. The van der Waals surface area contributed by atoms with Gasteiger partial charge in [0.15, 0.2) is 0 Å². The van der Waals surface area contributed by atoms with E-state index in [1.54, 1.807) is 0 Å². The first kappa shape index (κ1) is 16.9. The zero-order valence-corrected chi connectivity index (χ0v) is 14.8. The zero-order chi connectivity index (χ0) is 14.5. The minimum absolute atomic E-state index is 0.132. The monoisotopic (exact) mass is 375 g/mol. The van der Waals surface area contributed by atoms with Gasteiger partial charge in [-0.2, -0.15) is 0 Å². The molecule has 0 heterocycles. The van der Waals surface area contributed by atoms with Gasteiger partial charge in [-0.3, -0.25) is 0 Å². The fraction of sp³-hybridized carbons (Fsp3) is 0.625. The Morgan fingerprint density at radius 3 is 2.21 bits per heavy atom. The second-order valence-corrected chi connectivity index (χ2v) is 7.21. The van der Waals surface area contributed by atoms with Crippen molar-refractivity contribution in [3.63, 3.8) is 0 Å². The summed E-state index contributed by atoms with van der Waals surface area (Å²) in [5.41, 5.74) is 1.49. The number of likely N-dealkylation sites (N-methyl/N-ethyl adjacent to an activating group) is 1. The highest BCUT2D eigenvalue weighted by molar-refractivity contribution is 14.1. The van der Waals surface area contributed by atoms with Gasteiger partial charge in [-0.15, -0.1) is 0 Å². The minimum atomic E-state index is 0.132. The lowest BCUT2D eigenvalue weighted by Gasteiger charge is -2.36. The number of halogens is 1. The van der Waals surface area contributed by atoms with E-state index in [1.165, 1.54) is 9.13 Å². The van der Waals surface area contributed by atoms with Crippen molar-refractivity contribution >= 4 is 22.6 Å². The molecule has 0 saturated carbocycles. The van der Waals surface area contributed by atoms with Crippen LogP contribution in [0.15, 0.2) is 24.3 Å². The highest BCUT2D eigenvalue weighted by Gasteiger charge is 2.32. The van der Waals surface area contributed by atoms with E-state index in [1.807, 2.05) is 7.05 Å². The topological polar surface area (TPSA) is 21.3 Å². The largest absolute Gasteiger partial charge is 0.376 e. The third kappa shape index (κ3) is 5.40. The molecule has 1 aromatic carbocycles. The molecule has 0 fully saturated rings. The summed E-state index contributed by atoms with van der Waals surface area (Å²) in [5.74, 6) is 0. The molecule has 1 aromatic rings. The Labute approximate surface area is 131 Å². The molecule has 0 spiro atoms. The average Bonchev–Trinajstić information content (AvgIpc) is 2.34. The van der Waals surface area contributed by atoms with Crippen LogP contribution < -0.4 is 5.32 Å². The van der Waals surface area contributed by atoms with Crippen LogP contribution in [0.3, 0.4) is 0 Å². The Kier molecular flexibility index (Phi) is 6.77. The number of hydrogen-bond donors (Lipinski definition) is 1. The van der Waals surface area contributed by atoms with Crippen LogP contribution in [0.5, 0.6) is 0 Å². The van der Waals surface area contributed by atoms with E-state index < -0.39 is 0 Å². The van der Waals surface area contributed by atoms with Gasteiger partial charge in [0.2, 0.25) is 0 Å². The van der Waals surface area contributed by atoms with E-state index >= 15 is 0 Å². The van der Waals surface area contributed by atoms with E-state index in [0.29, 0.717) is 6.04 Å². The summed E-state index contributed by atoms with van der Waals surface area (Å²) in [6, 6.07) is 9.07. The first-order chi connectivity index (χ1) is 8.88. The molecule has 0 aromatic heterocycles. The number of rotatable bonds is 6. The lowest BCUT2D eigenvalue weighted by Crippen LogP contribution is -2.48.